The lowest BCUT2D eigenvalue weighted by Crippen LogP contribution is -2.11. The summed E-state index contributed by atoms with van der Waals surface area (Å²) >= 11 is 0. The van der Waals surface area contributed by atoms with E-state index in [1.807, 2.05) is 0 Å². The third kappa shape index (κ3) is 1.34. The number of aromatic nitrogens is 2. The molecule has 1 amide bonds. The van der Waals surface area contributed by atoms with Crippen LogP contribution in [0.1, 0.15) is 17.4 Å². The Kier molecular flexibility index (Phi) is 2.23. The van der Waals surface area contributed by atoms with Crippen molar-refractivity contribution in [2.75, 3.05) is 0 Å². The lowest BCUT2D eigenvalue weighted by molar-refractivity contribution is 0.0996. The van der Waals surface area contributed by atoms with E-state index in [-0.39, 0.29) is 5.69 Å². The van der Waals surface area contributed by atoms with E-state index in [1.165, 1.54) is 6.33 Å². The molecule has 1 aromatic rings. The summed E-state index contributed by atoms with van der Waals surface area (Å²) in [7, 11) is 1.75. The molecule has 5 nitrogen and oxygen atoms in total. The molecule has 0 saturated heterocycles. The van der Waals surface area contributed by atoms with Crippen molar-refractivity contribution in [3.8, 4) is 0 Å². The Hall–Kier alpha value is -1.65. The number of hydrogen-bond acceptors (Lipinski definition) is 3. The average Bonchev–Trinajstić information content (AvgIpc) is 2.34. The highest BCUT2D eigenvalue weighted by atomic mass is 16.1. The lowest BCUT2D eigenvalue weighted by Gasteiger charge is -1.95. The maximum absolute atomic E-state index is 10.8. The highest BCUT2D eigenvalue weighted by Crippen LogP contribution is 2.14. The second-order valence-electron chi connectivity index (χ2n) is 2.28. The first-order valence-electron chi connectivity index (χ1n) is 3.46. The Labute approximate surface area is 69.9 Å². The molecule has 0 spiro atoms. The second-order valence-corrected chi connectivity index (χ2v) is 2.28. The quantitative estimate of drug-likeness (QED) is 0.639. The summed E-state index contributed by atoms with van der Waals surface area (Å²) in [5.41, 5.74) is 5.27. The predicted molar refractivity (Wildman–Crippen MR) is 45.6 cm³/mol. The Morgan fingerprint density at radius 3 is 3.00 bits per heavy atom. The highest BCUT2D eigenvalue weighted by Gasteiger charge is 2.11. The van der Waals surface area contributed by atoms with Crippen LogP contribution in [-0.4, -0.2) is 21.7 Å². The molecule has 5 heteroatoms. The van der Waals surface area contributed by atoms with Gasteiger partial charge in [-0.05, 0) is 6.92 Å². The molecule has 0 aliphatic heterocycles. The molecule has 0 bridgehead atoms. The smallest absolute Gasteiger partial charge is 0.271 e. The zero-order valence-electron chi connectivity index (χ0n) is 6.98. The Morgan fingerprint density at radius 2 is 2.50 bits per heavy atom. The molecule has 0 fully saturated rings. The molecule has 12 heavy (non-hydrogen) atoms. The number of carbonyl (C=O) groups excluding carboxylic acids is 1. The SMILES string of the molecule is CC=Nc1c(C(N)=O)ncn1C. The fourth-order valence-electron chi connectivity index (χ4n) is 0.872. The average molecular weight is 166 g/mol. The van der Waals surface area contributed by atoms with E-state index >= 15 is 0 Å². The first-order valence-corrected chi connectivity index (χ1v) is 3.46. The maximum atomic E-state index is 10.8. The van der Waals surface area contributed by atoms with Crippen molar-refractivity contribution in [3.63, 3.8) is 0 Å². The molecule has 1 rings (SSSR count). The van der Waals surface area contributed by atoms with Gasteiger partial charge in [0.25, 0.3) is 5.91 Å². The summed E-state index contributed by atoms with van der Waals surface area (Å²) in [5, 5.41) is 0. The fraction of sp³-hybridized carbons (Fsp3) is 0.286. The van der Waals surface area contributed by atoms with Crippen LogP contribution in [0.5, 0.6) is 0 Å². The summed E-state index contributed by atoms with van der Waals surface area (Å²) < 4.78 is 1.64. The van der Waals surface area contributed by atoms with Gasteiger partial charge in [-0.25, -0.2) is 9.98 Å². The minimum Gasteiger partial charge on any atom is -0.364 e. The zero-order chi connectivity index (χ0) is 9.14. The lowest BCUT2D eigenvalue weighted by atomic mass is 10.4. The van der Waals surface area contributed by atoms with Gasteiger partial charge in [-0.1, -0.05) is 0 Å². The Balaban J connectivity index is 3.21. The largest absolute Gasteiger partial charge is 0.364 e. The van der Waals surface area contributed by atoms with E-state index in [1.54, 1.807) is 24.8 Å². The first-order chi connectivity index (χ1) is 5.66. The van der Waals surface area contributed by atoms with Crippen molar-refractivity contribution in [1.29, 1.82) is 0 Å². The van der Waals surface area contributed by atoms with Crippen LogP contribution in [0.15, 0.2) is 11.3 Å². The number of imidazole rings is 1. The van der Waals surface area contributed by atoms with Crippen LogP contribution in [0.4, 0.5) is 5.82 Å². The molecular formula is C7H10N4O. The summed E-state index contributed by atoms with van der Waals surface area (Å²) in [6, 6.07) is 0. The number of hydrogen-bond donors (Lipinski definition) is 1. The molecule has 2 N–H and O–H groups in total. The van der Waals surface area contributed by atoms with E-state index in [0.29, 0.717) is 5.82 Å². The Bertz CT molecular complexity index is 326. The molecule has 1 heterocycles. The number of primary amides is 1. The minimum atomic E-state index is -0.559. The maximum Gasteiger partial charge on any atom is 0.271 e. The number of aliphatic imine (C=N–C) groups is 1. The molecule has 0 unspecified atom stereocenters. The highest BCUT2D eigenvalue weighted by molar-refractivity contribution is 5.95. The van der Waals surface area contributed by atoms with E-state index in [2.05, 4.69) is 9.98 Å². The van der Waals surface area contributed by atoms with Gasteiger partial charge < -0.3 is 10.3 Å². The van der Waals surface area contributed by atoms with Crippen molar-refractivity contribution in [1.82, 2.24) is 9.55 Å². The molecule has 64 valence electrons. The van der Waals surface area contributed by atoms with Gasteiger partial charge in [0.2, 0.25) is 0 Å². The summed E-state index contributed by atoms with van der Waals surface area (Å²) in [5.74, 6) is -0.0683. The van der Waals surface area contributed by atoms with Gasteiger partial charge in [-0.2, -0.15) is 0 Å². The molecule has 0 saturated carbocycles. The molecule has 0 atom stereocenters. The van der Waals surface area contributed by atoms with Gasteiger partial charge in [0.05, 0.1) is 6.33 Å². The van der Waals surface area contributed by atoms with Gasteiger partial charge in [-0.15, -0.1) is 0 Å². The zero-order valence-corrected chi connectivity index (χ0v) is 6.98. The van der Waals surface area contributed by atoms with Gasteiger partial charge >= 0.3 is 0 Å². The van der Waals surface area contributed by atoms with Crippen molar-refractivity contribution in [2.45, 2.75) is 6.92 Å². The summed E-state index contributed by atoms with van der Waals surface area (Å²) in [6.45, 7) is 1.76. The van der Waals surface area contributed by atoms with E-state index in [4.69, 9.17) is 5.73 Å². The number of amides is 1. The van der Waals surface area contributed by atoms with Crippen LogP contribution < -0.4 is 5.73 Å². The van der Waals surface area contributed by atoms with Crippen LogP contribution in [0, 0.1) is 0 Å². The number of nitrogens with zero attached hydrogens (tertiary/aromatic N) is 3. The third-order valence-corrected chi connectivity index (χ3v) is 1.39. The van der Waals surface area contributed by atoms with Crippen LogP contribution >= 0.6 is 0 Å². The van der Waals surface area contributed by atoms with E-state index in [9.17, 15) is 4.79 Å². The molecule has 1 aromatic heterocycles. The predicted octanol–water partition coefficient (Wildman–Crippen LogP) is 0.241. The molecular weight excluding hydrogens is 156 g/mol. The number of rotatable bonds is 2. The van der Waals surface area contributed by atoms with Crippen LogP contribution in [0.3, 0.4) is 0 Å². The van der Waals surface area contributed by atoms with Gasteiger partial charge in [0.15, 0.2) is 11.5 Å². The second kappa shape index (κ2) is 3.17. The Morgan fingerprint density at radius 1 is 1.83 bits per heavy atom. The summed E-state index contributed by atoms with van der Waals surface area (Å²) in [6.07, 6.45) is 3.09. The third-order valence-electron chi connectivity index (χ3n) is 1.39. The van der Waals surface area contributed by atoms with Crippen molar-refractivity contribution in [3.05, 3.63) is 12.0 Å². The normalized spacial score (nSPS) is 10.8. The van der Waals surface area contributed by atoms with Crippen LogP contribution in [0.25, 0.3) is 0 Å². The first kappa shape index (κ1) is 8.45. The van der Waals surface area contributed by atoms with Crippen LogP contribution in [-0.2, 0) is 7.05 Å². The molecule has 0 aromatic carbocycles. The number of nitrogens with two attached hydrogens (primary N) is 1. The van der Waals surface area contributed by atoms with Gasteiger partial charge in [0.1, 0.15) is 0 Å². The standard InChI is InChI=1S/C7H10N4O/c1-3-9-7-5(6(8)12)10-4-11(7)2/h3-4H,1-2H3,(H2,8,12). The van der Waals surface area contributed by atoms with Crippen molar-refractivity contribution >= 4 is 17.9 Å². The van der Waals surface area contributed by atoms with Crippen LogP contribution in [0.2, 0.25) is 0 Å². The van der Waals surface area contributed by atoms with Crippen molar-refractivity contribution < 1.29 is 4.79 Å². The fourth-order valence-corrected chi connectivity index (χ4v) is 0.872. The van der Waals surface area contributed by atoms with Crippen molar-refractivity contribution in [2.24, 2.45) is 17.8 Å². The van der Waals surface area contributed by atoms with E-state index < -0.39 is 5.91 Å². The van der Waals surface area contributed by atoms with Gasteiger partial charge in [-0.3, -0.25) is 4.79 Å². The monoisotopic (exact) mass is 166 g/mol. The number of aryl methyl sites for hydroxylation is 1. The molecule has 0 aliphatic carbocycles. The minimum absolute atomic E-state index is 0.204. The molecule has 0 radical (unpaired) electrons. The summed E-state index contributed by atoms with van der Waals surface area (Å²) in [4.78, 5) is 18.6. The van der Waals surface area contributed by atoms with Gasteiger partial charge in [0, 0.05) is 13.3 Å². The topological polar surface area (TPSA) is 73.3 Å². The molecule has 0 aliphatic rings. The van der Waals surface area contributed by atoms with E-state index in [0.717, 1.165) is 0 Å². The number of carbonyl (C=O) groups is 1.